The van der Waals surface area contributed by atoms with E-state index in [1.165, 1.54) is 11.3 Å². The molecule has 2 atom stereocenters. The average Bonchev–Trinajstić information content (AvgIpc) is 3.01. The molecule has 0 aliphatic rings. The Balaban J connectivity index is 1.98. The fraction of sp³-hybridized carbons (Fsp3) is 0.250. The third-order valence-corrected chi connectivity index (χ3v) is 4.26. The van der Waals surface area contributed by atoms with E-state index in [1.807, 2.05) is 54.8 Å². The Labute approximate surface area is 133 Å². The summed E-state index contributed by atoms with van der Waals surface area (Å²) in [5.74, 6) is -0.136. The number of hydrogen-bond donors (Lipinski definition) is 3. The molecule has 0 spiro atoms. The minimum Gasteiger partial charge on any atom is -0.352 e. The summed E-state index contributed by atoms with van der Waals surface area (Å²) in [5.41, 5.74) is 6.22. The van der Waals surface area contributed by atoms with E-state index in [2.05, 4.69) is 10.6 Å². The number of urea groups is 1. The summed E-state index contributed by atoms with van der Waals surface area (Å²) in [6.45, 7) is 1.93. The molecule has 0 saturated heterocycles. The van der Waals surface area contributed by atoms with Crippen LogP contribution in [0.4, 0.5) is 4.79 Å². The zero-order chi connectivity index (χ0) is 15.9. The highest BCUT2D eigenvalue weighted by molar-refractivity contribution is 7.10. The highest BCUT2D eigenvalue weighted by atomic mass is 32.1. The smallest absolute Gasteiger partial charge is 0.312 e. The zero-order valence-electron chi connectivity index (χ0n) is 12.3. The molecular formula is C16H19N3O2S. The minimum absolute atomic E-state index is 0.0914. The van der Waals surface area contributed by atoms with Crippen LogP contribution in [-0.2, 0) is 4.79 Å². The van der Waals surface area contributed by atoms with Gasteiger partial charge < -0.3 is 16.4 Å². The van der Waals surface area contributed by atoms with E-state index < -0.39 is 12.1 Å². The molecule has 6 heteroatoms. The Bertz CT molecular complexity index is 614. The van der Waals surface area contributed by atoms with Gasteiger partial charge in [0.2, 0.25) is 5.91 Å². The molecule has 0 radical (unpaired) electrons. The largest absolute Gasteiger partial charge is 0.352 e. The van der Waals surface area contributed by atoms with E-state index in [-0.39, 0.29) is 18.4 Å². The van der Waals surface area contributed by atoms with Crippen LogP contribution in [-0.4, -0.2) is 11.9 Å². The molecule has 5 nitrogen and oxygen atoms in total. The Hall–Kier alpha value is -2.34. The van der Waals surface area contributed by atoms with E-state index in [0.717, 1.165) is 10.4 Å². The van der Waals surface area contributed by atoms with Crippen molar-refractivity contribution in [3.63, 3.8) is 0 Å². The van der Waals surface area contributed by atoms with Gasteiger partial charge in [-0.3, -0.25) is 4.79 Å². The molecule has 3 amide bonds. The number of nitrogens with two attached hydrogens (primary N) is 1. The van der Waals surface area contributed by atoms with Crippen LogP contribution in [0.15, 0.2) is 47.8 Å². The van der Waals surface area contributed by atoms with E-state index in [9.17, 15) is 9.59 Å². The second-order valence-corrected chi connectivity index (χ2v) is 5.96. The van der Waals surface area contributed by atoms with Crippen molar-refractivity contribution in [2.75, 3.05) is 0 Å². The van der Waals surface area contributed by atoms with Gasteiger partial charge in [0.15, 0.2) is 0 Å². The maximum Gasteiger partial charge on any atom is 0.312 e. The number of carbonyl (C=O) groups excluding carboxylic acids is 2. The fourth-order valence-corrected chi connectivity index (χ4v) is 2.97. The van der Waals surface area contributed by atoms with Crippen LogP contribution in [0, 0.1) is 0 Å². The number of nitrogens with one attached hydrogen (secondary N) is 2. The summed E-state index contributed by atoms with van der Waals surface area (Å²) in [6, 6.07) is 12.3. The second-order valence-electron chi connectivity index (χ2n) is 4.98. The van der Waals surface area contributed by atoms with Crippen LogP contribution in [0.3, 0.4) is 0 Å². The first kappa shape index (κ1) is 16.0. The van der Waals surface area contributed by atoms with E-state index in [4.69, 9.17) is 5.73 Å². The quantitative estimate of drug-likeness (QED) is 0.765. The summed E-state index contributed by atoms with van der Waals surface area (Å²) >= 11 is 1.48. The van der Waals surface area contributed by atoms with Crippen molar-refractivity contribution in [1.29, 1.82) is 0 Å². The van der Waals surface area contributed by atoms with E-state index >= 15 is 0 Å². The van der Waals surface area contributed by atoms with Crippen molar-refractivity contribution in [3.05, 3.63) is 58.3 Å². The molecule has 0 aliphatic heterocycles. The van der Waals surface area contributed by atoms with Crippen molar-refractivity contribution >= 4 is 23.3 Å². The number of hydrogen-bond acceptors (Lipinski definition) is 3. The van der Waals surface area contributed by atoms with Gasteiger partial charge in [-0.15, -0.1) is 11.3 Å². The molecule has 0 fully saturated rings. The van der Waals surface area contributed by atoms with Gasteiger partial charge in [-0.25, -0.2) is 4.79 Å². The van der Waals surface area contributed by atoms with Gasteiger partial charge in [-0.05, 0) is 23.9 Å². The predicted octanol–water partition coefficient (Wildman–Crippen LogP) is 2.73. The van der Waals surface area contributed by atoms with Gasteiger partial charge in [0.25, 0.3) is 0 Å². The Kier molecular flexibility index (Phi) is 5.55. The molecule has 2 aromatic rings. The van der Waals surface area contributed by atoms with Crippen molar-refractivity contribution in [2.24, 2.45) is 5.73 Å². The van der Waals surface area contributed by atoms with Crippen LogP contribution >= 0.6 is 11.3 Å². The van der Waals surface area contributed by atoms with Crippen LogP contribution in [0.2, 0.25) is 0 Å². The lowest BCUT2D eigenvalue weighted by Crippen LogP contribution is -2.36. The van der Waals surface area contributed by atoms with E-state index in [0.29, 0.717) is 0 Å². The van der Waals surface area contributed by atoms with Gasteiger partial charge in [0, 0.05) is 4.88 Å². The first-order chi connectivity index (χ1) is 10.6. The number of benzene rings is 1. The molecule has 1 aromatic heterocycles. The van der Waals surface area contributed by atoms with Crippen LogP contribution < -0.4 is 16.4 Å². The molecule has 2 rings (SSSR count). The summed E-state index contributed by atoms with van der Waals surface area (Å²) in [5, 5.41) is 7.45. The monoisotopic (exact) mass is 317 g/mol. The molecule has 1 aromatic carbocycles. The summed E-state index contributed by atoms with van der Waals surface area (Å²) in [7, 11) is 0. The Morgan fingerprint density at radius 2 is 1.86 bits per heavy atom. The molecule has 0 aliphatic carbocycles. The third-order valence-electron chi connectivity index (χ3n) is 3.27. The molecule has 0 saturated carbocycles. The zero-order valence-corrected chi connectivity index (χ0v) is 13.1. The number of rotatable bonds is 6. The van der Waals surface area contributed by atoms with Crippen molar-refractivity contribution in [1.82, 2.24) is 10.6 Å². The Morgan fingerprint density at radius 1 is 1.14 bits per heavy atom. The van der Waals surface area contributed by atoms with Gasteiger partial charge in [0.1, 0.15) is 0 Å². The summed E-state index contributed by atoms with van der Waals surface area (Å²) in [4.78, 5) is 24.2. The molecule has 116 valence electrons. The van der Waals surface area contributed by atoms with Crippen molar-refractivity contribution in [3.8, 4) is 0 Å². The number of amides is 3. The summed E-state index contributed by atoms with van der Waals surface area (Å²) < 4.78 is 0. The second kappa shape index (κ2) is 7.61. The normalized spacial score (nSPS) is 13.1. The standard InChI is InChI=1S/C16H19N3O2S/c1-11(12-6-3-2-4-7-12)18-15(20)10-13(19-16(17)21)14-8-5-9-22-14/h2-9,11,13H,10H2,1H3,(H,18,20)(H3,17,19,21). The molecule has 4 N–H and O–H groups in total. The van der Waals surface area contributed by atoms with E-state index in [1.54, 1.807) is 0 Å². The highest BCUT2D eigenvalue weighted by Gasteiger charge is 2.19. The first-order valence-electron chi connectivity index (χ1n) is 7.00. The molecule has 22 heavy (non-hydrogen) atoms. The molecule has 0 bridgehead atoms. The maximum atomic E-state index is 12.2. The van der Waals surface area contributed by atoms with Crippen molar-refractivity contribution < 1.29 is 9.59 Å². The lowest BCUT2D eigenvalue weighted by atomic mass is 10.1. The molecular weight excluding hydrogens is 298 g/mol. The lowest BCUT2D eigenvalue weighted by Gasteiger charge is -2.19. The van der Waals surface area contributed by atoms with Gasteiger partial charge in [-0.2, -0.15) is 0 Å². The van der Waals surface area contributed by atoms with Gasteiger partial charge in [-0.1, -0.05) is 36.4 Å². The van der Waals surface area contributed by atoms with Crippen LogP contribution in [0.25, 0.3) is 0 Å². The number of thiophene rings is 1. The molecule has 1 heterocycles. The van der Waals surface area contributed by atoms with Gasteiger partial charge in [0.05, 0.1) is 18.5 Å². The number of carbonyl (C=O) groups is 2. The average molecular weight is 317 g/mol. The maximum absolute atomic E-state index is 12.2. The van der Waals surface area contributed by atoms with Crippen LogP contribution in [0.1, 0.15) is 35.9 Å². The summed E-state index contributed by atoms with van der Waals surface area (Å²) in [6.07, 6.45) is 0.153. The lowest BCUT2D eigenvalue weighted by molar-refractivity contribution is -0.122. The first-order valence-corrected chi connectivity index (χ1v) is 7.88. The minimum atomic E-state index is -0.637. The van der Waals surface area contributed by atoms with Gasteiger partial charge >= 0.3 is 6.03 Å². The topological polar surface area (TPSA) is 84.2 Å². The molecule has 2 unspecified atom stereocenters. The highest BCUT2D eigenvalue weighted by Crippen LogP contribution is 2.22. The third kappa shape index (κ3) is 4.60. The predicted molar refractivity (Wildman–Crippen MR) is 87.4 cm³/mol. The fourth-order valence-electron chi connectivity index (χ4n) is 2.19. The van der Waals surface area contributed by atoms with Crippen LogP contribution in [0.5, 0.6) is 0 Å². The van der Waals surface area contributed by atoms with Crippen molar-refractivity contribution in [2.45, 2.75) is 25.4 Å². The Morgan fingerprint density at radius 3 is 2.45 bits per heavy atom. The SMILES string of the molecule is CC(NC(=O)CC(NC(N)=O)c1cccs1)c1ccccc1. The number of primary amides is 1.